The largest absolute Gasteiger partial charge is 0.326 e. The molecule has 0 saturated carbocycles. The maximum absolute atomic E-state index is 12.7. The number of nitriles is 1. The zero-order valence-electron chi connectivity index (χ0n) is 13.7. The molecule has 1 N–H and O–H groups in total. The number of thiophene rings is 1. The van der Waals surface area contributed by atoms with Crippen molar-refractivity contribution in [3.05, 3.63) is 57.8 Å². The number of hydrogen-bond donors (Lipinski definition) is 1. The van der Waals surface area contributed by atoms with Gasteiger partial charge >= 0.3 is 6.03 Å². The van der Waals surface area contributed by atoms with E-state index in [1.165, 1.54) is 5.56 Å². The van der Waals surface area contributed by atoms with Crippen LogP contribution in [0.5, 0.6) is 0 Å². The van der Waals surface area contributed by atoms with Gasteiger partial charge in [-0.15, -0.1) is 11.3 Å². The Labute approximate surface area is 146 Å². The molecule has 1 aliphatic rings. The Morgan fingerprint density at radius 1 is 1.29 bits per heavy atom. The molecule has 2 amide bonds. The molecule has 1 saturated heterocycles. The normalized spacial score (nSPS) is 16.4. The van der Waals surface area contributed by atoms with Crippen LogP contribution in [0.3, 0.4) is 0 Å². The van der Waals surface area contributed by atoms with Crippen LogP contribution in [0, 0.1) is 24.2 Å². The van der Waals surface area contributed by atoms with E-state index in [4.69, 9.17) is 5.26 Å². The van der Waals surface area contributed by atoms with Crippen LogP contribution in [-0.4, -0.2) is 24.0 Å². The van der Waals surface area contributed by atoms with Crippen LogP contribution in [0.2, 0.25) is 0 Å². The van der Waals surface area contributed by atoms with Crippen molar-refractivity contribution in [2.75, 3.05) is 13.1 Å². The number of benzene rings is 1. The van der Waals surface area contributed by atoms with Crippen molar-refractivity contribution in [1.29, 1.82) is 5.26 Å². The van der Waals surface area contributed by atoms with Crippen LogP contribution in [-0.2, 0) is 0 Å². The van der Waals surface area contributed by atoms with Crippen molar-refractivity contribution in [1.82, 2.24) is 10.2 Å². The number of amides is 2. The first kappa shape index (κ1) is 16.5. The van der Waals surface area contributed by atoms with Crippen molar-refractivity contribution in [2.24, 2.45) is 5.92 Å². The van der Waals surface area contributed by atoms with Crippen LogP contribution in [0.25, 0.3) is 0 Å². The van der Waals surface area contributed by atoms with Crippen LogP contribution < -0.4 is 5.32 Å². The average Bonchev–Trinajstić information content (AvgIpc) is 3.15. The summed E-state index contributed by atoms with van der Waals surface area (Å²) in [5.41, 5.74) is 2.29. The van der Waals surface area contributed by atoms with Gasteiger partial charge in [0, 0.05) is 23.9 Å². The molecule has 24 heavy (non-hydrogen) atoms. The van der Waals surface area contributed by atoms with E-state index in [1.54, 1.807) is 11.3 Å². The number of rotatable bonds is 3. The Balaban J connectivity index is 1.77. The minimum absolute atomic E-state index is 0.0481. The Kier molecular flexibility index (Phi) is 5.17. The molecular formula is C19H21N3OS. The first-order valence-electron chi connectivity index (χ1n) is 8.23. The first-order chi connectivity index (χ1) is 11.7. The summed E-state index contributed by atoms with van der Waals surface area (Å²) in [6.07, 6.45) is 1.52. The summed E-state index contributed by atoms with van der Waals surface area (Å²) >= 11 is 1.65. The van der Waals surface area contributed by atoms with E-state index < -0.39 is 0 Å². The van der Waals surface area contributed by atoms with Crippen LogP contribution in [0.15, 0.2) is 41.8 Å². The lowest BCUT2D eigenvalue weighted by Crippen LogP contribution is -2.45. The van der Waals surface area contributed by atoms with Crippen molar-refractivity contribution < 1.29 is 4.79 Å². The lowest BCUT2D eigenvalue weighted by atomic mass is 9.98. The Bertz CT molecular complexity index is 727. The highest BCUT2D eigenvalue weighted by Crippen LogP contribution is 2.28. The first-order valence-corrected chi connectivity index (χ1v) is 9.11. The summed E-state index contributed by atoms with van der Waals surface area (Å²) in [6.45, 7) is 3.37. The van der Waals surface area contributed by atoms with Crippen molar-refractivity contribution >= 4 is 17.4 Å². The monoisotopic (exact) mass is 339 g/mol. The molecule has 1 aromatic heterocycles. The average molecular weight is 339 g/mol. The standard InChI is InChI=1S/C19H21N3OS/c1-14-5-2-3-6-16(14)18(17-7-4-12-24-17)21-19(23)22-10-8-15(13-20)9-11-22/h2-7,12,15,18H,8-11H2,1H3,(H,21,23). The summed E-state index contributed by atoms with van der Waals surface area (Å²) in [6, 6.07) is 14.4. The molecule has 0 radical (unpaired) electrons. The Morgan fingerprint density at radius 3 is 2.67 bits per heavy atom. The van der Waals surface area contributed by atoms with E-state index in [0.29, 0.717) is 13.1 Å². The minimum atomic E-state index is -0.132. The molecule has 1 aromatic carbocycles. The highest BCUT2D eigenvalue weighted by atomic mass is 32.1. The lowest BCUT2D eigenvalue weighted by Gasteiger charge is -2.31. The van der Waals surface area contributed by atoms with Crippen LogP contribution in [0.1, 0.15) is 34.9 Å². The maximum atomic E-state index is 12.7. The molecular weight excluding hydrogens is 318 g/mol. The van der Waals surface area contributed by atoms with E-state index in [0.717, 1.165) is 23.3 Å². The molecule has 5 heteroatoms. The fourth-order valence-corrected chi connectivity index (χ4v) is 3.89. The van der Waals surface area contributed by atoms with Gasteiger partial charge in [0.15, 0.2) is 0 Å². The predicted octanol–water partition coefficient (Wildman–Crippen LogP) is 4.09. The van der Waals surface area contributed by atoms with Crippen LogP contribution in [0.4, 0.5) is 4.79 Å². The van der Waals surface area contributed by atoms with E-state index in [9.17, 15) is 4.79 Å². The zero-order chi connectivity index (χ0) is 16.9. The van der Waals surface area contributed by atoms with Gasteiger partial charge in [0.2, 0.25) is 0 Å². The number of nitrogens with one attached hydrogen (secondary N) is 1. The Hall–Kier alpha value is -2.32. The van der Waals surface area contributed by atoms with Gasteiger partial charge in [0.1, 0.15) is 0 Å². The number of nitrogens with zero attached hydrogens (tertiary/aromatic N) is 2. The third kappa shape index (κ3) is 3.60. The topological polar surface area (TPSA) is 56.1 Å². The number of carbonyl (C=O) groups is 1. The summed E-state index contributed by atoms with van der Waals surface area (Å²) in [5.74, 6) is 0.0820. The molecule has 0 aliphatic carbocycles. The van der Waals surface area contributed by atoms with E-state index >= 15 is 0 Å². The van der Waals surface area contributed by atoms with Gasteiger partial charge in [0.25, 0.3) is 0 Å². The number of piperidine rings is 1. The molecule has 1 fully saturated rings. The number of aryl methyl sites for hydroxylation is 1. The number of likely N-dealkylation sites (tertiary alicyclic amines) is 1. The van der Waals surface area contributed by atoms with Gasteiger partial charge < -0.3 is 10.2 Å². The molecule has 2 heterocycles. The van der Waals surface area contributed by atoms with E-state index in [-0.39, 0.29) is 18.0 Å². The maximum Gasteiger partial charge on any atom is 0.318 e. The van der Waals surface area contributed by atoms with E-state index in [2.05, 4.69) is 36.5 Å². The van der Waals surface area contributed by atoms with Crippen LogP contribution >= 0.6 is 11.3 Å². The van der Waals surface area contributed by atoms with Gasteiger partial charge in [-0.3, -0.25) is 0 Å². The van der Waals surface area contributed by atoms with E-state index in [1.807, 2.05) is 28.5 Å². The number of urea groups is 1. The van der Waals surface area contributed by atoms with Crippen molar-refractivity contribution in [3.8, 4) is 6.07 Å². The zero-order valence-corrected chi connectivity index (χ0v) is 14.6. The van der Waals surface area contributed by atoms with Crippen molar-refractivity contribution in [2.45, 2.75) is 25.8 Å². The Morgan fingerprint density at radius 2 is 2.04 bits per heavy atom. The molecule has 3 rings (SSSR count). The second-order valence-corrected chi connectivity index (χ2v) is 7.12. The van der Waals surface area contributed by atoms with Gasteiger partial charge in [-0.05, 0) is 42.3 Å². The summed E-state index contributed by atoms with van der Waals surface area (Å²) in [5, 5.41) is 14.2. The third-order valence-electron chi connectivity index (χ3n) is 4.56. The molecule has 1 aliphatic heterocycles. The van der Waals surface area contributed by atoms with Gasteiger partial charge in [-0.1, -0.05) is 30.3 Å². The molecule has 2 aromatic rings. The number of hydrogen-bond acceptors (Lipinski definition) is 3. The quantitative estimate of drug-likeness (QED) is 0.915. The SMILES string of the molecule is Cc1ccccc1C(NC(=O)N1CCC(C#N)CC1)c1cccs1. The summed E-state index contributed by atoms with van der Waals surface area (Å²) < 4.78 is 0. The highest BCUT2D eigenvalue weighted by molar-refractivity contribution is 7.10. The molecule has 4 nitrogen and oxygen atoms in total. The third-order valence-corrected chi connectivity index (χ3v) is 5.50. The summed E-state index contributed by atoms with van der Waals surface area (Å²) in [7, 11) is 0. The van der Waals surface area contributed by atoms with Crippen molar-refractivity contribution in [3.63, 3.8) is 0 Å². The molecule has 0 spiro atoms. The highest BCUT2D eigenvalue weighted by Gasteiger charge is 2.26. The molecule has 1 unspecified atom stereocenters. The predicted molar refractivity (Wildman–Crippen MR) is 95.8 cm³/mol. The second kappa shape index (κ2) is 7.50. The summed E-state index contributed by atoms with van der Waals surface area (Å²) in [4.78, 5) is 15.7. The molecule has 124 valence electrons. The fourth-order valence-electron chi connectivity index (χ4n) is 3.09. The van der Waals surface area contributed by atoms with Gasteiger partial charge in [0.05, 0.1) is 12.1 Å². The molecule has 1 atom stereocenters. The van der Waals surface area contributed by atoms with Gasteiger partial charge in [-0.2, -0.15) is 5.26 Å². The molecule has 0 bridgehead atoms. The lowest BCUT2D eigenvalue weighted by molar-refractivity contribution is 0.177. The fraction of sp³-hybridized carbons (Fsp3) is 0.368. The second-order valence-electron chi connectivity index (χ2n) is 6.14. The smallest absolute Gasteiger partial charge is 0.318 e. The number of carbonyl (C=O) groups excluding carboxylic acids is 1. The minimum Gasteiger partial charge on any atom is -0.326 e. The van der Waals surface area contributed by atoms with Gasteiger partial charge in [-0.25, -0.2) is 4.79 Å².